The summed E-state index contributed by atoms with van der Waals surface area (Å²) in [6.45, 7) is 8.89. The van der Waals surface area contributed by atoms with E-state index >= 15 is 0 Å². The molecule has 0 bridgehead atoms. The van der Waals surface area contributed by atoms with Gasteiger partial charge in [-0.05, 0) is 64.3 Å². The van der Waals surface area contributed by atoms with Crippen LogP contribution >= 0.6 is 0 Å². The van der Waals surface area contributed by atoms with E-state index in [1.54, 1.807) is 0 Å². The Balaban J connectivity index is 1.62. The molecule has 1 amide bonds. The largest absolute Gasteiger partial charge is 0.396 e. The zero-order valence-corrected chi connectivity index (χ0v) is 15.4. The number of hydrogen-bond acceptors (Lipinski definition) is 4. The van der Waals surface area contributed by atoms with Gasteiger partial charge >= 0.3 is 0 Å². The molecule has 140 valence electrons. The molecule has 24 heavy (non-hydrogen) atoms. The minimum absolute atomic E-state index is 0.249. The van der Waals surface area contributed by atoms with Crippen LogP contribution in [-0.2, 0) is 9.53 Å². The molecule has 2 aliphatic rings. The van der Waals surface area contributed by atoms with Gasteiger partial charge in [0.25, 0.3) is 0 Å². The van der Waals surface area contributed by atoms with E-state index in [-0.39, 0.29) is 5.92 Å². The Kier molecular flexibility index (Phi) is 9.07. The fourth-order valence-electron chi connectivity index (χ4n) is 3.93. The molecular weight excluding hydrogens is 304 g/mol. The maximum atomic E-state index is 12.7. The number of piperazine rings is 1. The smallest absolute Gasteiger partial charge is 0.225 e. The molecule has 1 N–H and O–H groups in total. The molecule has 1 aliphatic heterocycles. The summed E-state index contributed by atoms with van der Waals surface area (Å²) in [5.41, 5.74) is 0. The van der Waals surface area contributed by atoms with Crippen molar-refractivity contribution in [2.24, 2.45) is 11.8 Å². The number of carbonyl (C=O) groups excluding carboxylic acids is 1. The first-order valence-corrected chi connectivity index (χ1v) is 9.94. The van der Waals surface area contributed by atoms with Crippen molar-refractivity contribution in [1.29, 1.82) is 0 Å². The number of ether oxygens (including phenoxy) is 1. The molecule has 0 aromatic heterocycles. The van der Waals surface area contributed by atoms with Crippen LogP contribution in [0.25, 0.3) is 0 Å². The highest BCUT2D eigenvalue weighted by Crippen LogP contribution is 2.30. The van der Waals surface area contributed by atoms with E-state index in [0.29, 0.717) is 18.4 Å². The third-order valence-electron chi connectivity index (χ3n) is 5.57. The van der Waals surface area contributed by atoms with E-state index in [2.05, 4.69) is 9.80 Å². The summed E-state index contributed by atoms with van der Waals surface area (Å²) >= 11 is 0. The Bertz CT molecular complexity index is 349. The number of aliphatic hydroxyl groups excluding tert-OH is 1. The molecule has 0 aromatic rings. The van der Waals surface area contributed by atoms with E-state index in [1.807, 2.05) is 6.92 Å². The summed E-state index contributed by atoms with van der Waals surface area (Å²) in [5, 5.41) is 8.82. The summed E-state index contributed by atoms with van der Waals surface area (Å²) in [5.74, 6) is 1.30. The Morgan fingerprint density at radius 3 is 2.38 bits per heavy atom. The Morgan fingerprint density at radius 2 is 1.75 bits per heavy atom. The maximum absolute atomic E-state index is 12.7. The van der Waals surface area contributed by atoms with E-state index in [4.69, 9.17) is 9.84 Å². The highest BCUT2D eigenvalue weighted by atomic mass is 16.5. The predicted molar refractivity (Wildman–Crippen MR) is 95.9 cm³/mol. The van der Waals surface area contributed by atoms with Gasteiger partial charge in [0, 0.05) is 51.9 Å². The summed E-state index contributed by atoms with van der Waals surface area (Å²) in [6, 6.07) is 0. The first-order chi connectivity index (χ1) is 11.7. The van der Waals surface area contributed by atoms with E-state index in [0.717, 1.165) is 90.9 Å². The minimum Gasteiger partial charge on any atom is -0.396 e. The average molecular weight is 341 g/mol. The number of unbranched alkanes of at least 4 members (excludes halogenated alkanes) is 2. The summed E-state index contributed by atoms with van der Waals surface area (Å²) < 4.78 is 5.53. The number of carbonyl (C=O) groups is 1. The summed E-state index contributed by atoms with van der Waals surface area (Å²) in [6.07, 6.45) is 7.52. The van der Waals surface area contributed by atoms with Crippen LogP contribution in [-0.4, -0.2) is 73.4 Å². The lowest BCUT2D eigenvalue weighted by Crippen LogP contribution is -2.50. The fourth-order valence-corrected chi connectivity index (χ4v) is 3.93. The Labute approximate surface area is 147 Å². The zero-order chi connectivity index (χ0) is 17.2. The van der Waals surface area contributed by atoms with Gasteiger partial charge in [-0.2, -0.15) is 0 Å². The molecule has 1 saturated heterocycles. The van der Waals surface area contributed by atoms with E-state index in [9.17, 15) is 4.79 Å². The molecule has 2 fully saturated rings. The van der Waals surface area contributed by atoms with Crippen molar-refractivity contribution >= 4 is 5.91 Å². The normalized spacial score (nSPS) is 25.8. The van der Waals surface area contributed by atoms with Gasteiger partial charge in [0.15, 0.2) is 0 Å². The fraction of sp³-hybridized carbons (Fsp3) is 0.947. The minimum atomic E-state index is 0.249. The lowest BCUT2D eigenvalue weighted by Gasteiger charge is -2.38. The van der Waals surface area contributed by atoms with Crippen molar-refractivity contribution in [2.75, 3.05) is 52.5 Å². The molecular formula is C19H36N2O3. The van der Waals surface area contributed by atoms with Crippen LogP contribution in [0.2, 0.25) is 0 Å². The molecule has 0 radical (unpaired) electrons. The van der Waals surface area contributed by atoms with Gasteiger partial charge < -0.3 is 14.7 Å². The second kappa shape index (κ2) is 11.1. The van der Waals surface area contributed by atoms with Gasteiger partial charge in [-0.3, -0.25) is 9.69 Å². The molecule has 2 rings (SSSR count). The lowest BCUT2D eigenvalue weighted by molar-refractivity contribution is -0.138. The van der Waals surface area contributed by atoms with Crippen LogP contribution in [0.4, 0.5) is 0 Å². The van der Waals surface area contributed by atoms with E-state index in [1.165, 1.54) is 0 Å². The Morgan fingerprint density at radius 1 is 1.04 bits per heavy atom. The number of aliphatic hydroxyl groups is 1. The molecule has 0 spiro atoms. The molecule has 5 heteroatoms. The lowest BCUT2D eigenvalue weighted by atomic mass is 9.81. The molecule has 1 heterocycles. The highest BCUT2D eigenvalue weighted by Gasteiger charge is 2.30. The Hall–Kier alpha value is -0.650. The van der Waals surface area contributed by atoms with Crippen LogP contribution in [0.5, 0.6) is 0 Å². The topological polar surface area (TPSA) is 53.0 Å². The van der Waals surface area contributed by atoms with Gasteiger partial charge in [-0.25, -0.2) is 0 Å². The van der Waals surface area contributed by atoms with Crippen LogP contribution in [0.15, 0.2) is 0 Å². The third kappa shape index (κ3) is 6.34. The van der Waals surface area contributed by atoms with Crippen LogP contribution in [0.3, 0.4) is 0 Å². The van der Waals surface area contributed by atoms with Crippen LogP contribution < -0.4 is 0 Å². The zero-order valence-electron chi connectivity index (χ0n) is 15.4. The van der Waals surface area contributed by atoms with Gasteiger partial charge in [0.2, 0.25) is 5.91 Å². The standard InChI is InChI=1S/C19H36N2O3/c1-2-24-16-17-6-8-18(9-7-17)19(23)21-13-11-20(12-14-21)10-4-3-5-15-22/h17-18,22H,2-16H2,1H3. The molecule has 1 saturated carbocycles. The SMILES string of the molecule is CCOCC1CCC(C(=O)N2CCN(CCCCCO)CC2)CC1. The van der Waals surface area contributed by atoms with Crippen LogP contribution in [0.1, 0.15) is 51.9 Å². The third-order valence-corrected chi connectivity index (χ3v) is 5.57. The molecule has 0 aromatic carbocycles. The number of nitrogens with zero attached hydrogens (tertiary/aromatic N) is 2. The van der Waals surface area contributed by atoms with Crippen molar-refractivity contribution in [1.82, 2.24) is 9.80 Å². The quantitative estimate of drug-likeness (QED) is 0.654. The second-order valence-corrected chi connectivity index (χ2v) is 7.33. The summed E-state index contributed by atoms with van der Waals surface area (Å²) in [4.78, 5) is 17.3. The number of amides is 1. The maximum Gasteiger partial charge on any atom is 0.225 e. The first-order valence-electron chi connectivity index (χ1n) is 9.94. The molecule has 5 nitrogen and oxygen atoms in total. The van der Waals surface area contributed by atoms with Crippen molar-refractivity contribution < 1.29 is 14.6 Å². The van der Waals surface area contributed by atoms with Crippen LogP contribution in [0, 0.1) is 11.8 Å². The molecule has 0 atom stereocenters. The summed E-state index contributed by atoms with van der Waals surface area (Å²) in [7, 11) is 0. The van der Waals surface area contributed by atoms with Crippen molar-refractivity contribution in [3.05, 3.63) is 0 Å². The van der Waals surface area contributed by atoms with Gasteiger partial charge in [0.1, 0.15) is 0 Å². The molecule has 0 unspecified atom stereocenters. The monoisotopic (exact) mass is 340 g/mol. The first kappa shape index (κ1) is 19.7. The van der Waals surface area contributed by atoms with Crippen molar-refractivity contribution in [3.63, 3.8) is 0 Å². The van der Waals surface area contributed by atoms with Crippen molar-refractivity contribution in [3.8, 4) is 0 Å². The highest BCUT2D eigenvalue weighted by molar-refractivity contribution is 5.79. The predicted octanol–water partition coefficient (Wildman–Crippen LogP) is 2.14. The average Bonchev–Trinajstić information content (AvgIpc) is 2.64. The van der Waals surface area contributed by atoms with Gasteiger partial charge in [-0.15, -0.1) is 0 Å². The van der Waals surface area contributed by atoms with E-state index < -0.39 is 0 Å². The van der Waals surface area contributed by atoms with Gasteiger partial charge in [-0.1, -0.05) is 0 Å². The second-order valence-electron chi connectivity index (χ2n) is 7.33. The number of hydrogen-bond donors (Lipinski definition) is 1. The molecule has 1 aliphatic carbocycles. The van der Waals surface area contributed by atoms with Crippen molar-refractivity contribution in [2.45, 2.75) is 51.9 Å². The number of rotatable bonds is 9. The van der Waals surface area contributed by atoms with Gasteiger partial charge in [0.05, 0.1) is 0 Å².